The van der Waals surface area contributed by atoms with E-state index in [0.717, 1.165) is 41.7 Å². The van der Waals surface area contributed by atoms with E-state index in [-0.39, 0.29) is 0 Å². The molecule has 15 heavy (non-hydrogen) atoms. The van der Waals surface area contributed by atoms with Crippen molar-refractivity contribution in [2.24, 2.45) is 29.6 Å². The van der Waals surface area contributed by atoms with Gasteiger partial charge in [0.15, 0.2) is 0 Å². The molecule has 2 bridgehead atoms. The normalized spacial score (nSPS) is 48.4. The van der Waals surface area contributed by atoms with Crippen molar-refractivity contribution in [1.82, 2.24) is 5.32 Å². The molecule has 3 rings (SSSR count). The van der Waals surface area contributed by atoms with Crippen LogP contribution >= 0.6 is 0 Å². The van der Waals surface area contributed by atoms with Gasteiger partial charge >= 0.3 is 0 Å². The minimum Gasteiger partial charge on any atom is -0.310 e. The van der Waals surface area contributed by atoms with E-state index in [2.05, 4.69) is 26.1 Å². The topological polar surface area (TPSA) is 12.0 Å². The van der Waals surface area contributed by atoms with Gasteiger partial charge in [-0.25, -0.2) is 0 Å². The van der Waals surface area contributed by atoms with Crippen LogP contribution in [0, 0.1) is 29.6 Å². The Bertz CT molecular complexity index is 232. The smallest absolute Gasteiger partial charge is 0.0138 e. The zero-order valence-corrected chi connectivity index (χ0v) is 10.4. The van der Waals surface area contributed by atoms with Gasteiger partial charge in [0.2, 0.25) is 0 Å². The predicted octanol–water partition coefficient (Wildman–Crippen LogP) is 3.06. The van der Waals surface area contributed by atoms with E-state index in [1.807, 2.05) is 0 Å². The summed E-state index contributed by atoms with van der Waals surface area (Å²) in [6.07, 6.45) is 5.96. The van der Waals surface area contributed by atoms with Gasteiger partial charge in [-0.3, -0.25) is 0 Å². The van der Waals surface area contributed by atoms with Crippen molar-refractivity contribution < 1.29 is 0 Å². The van der Waals surface area contributed by atoms with Crippen LogP contribution in [-0.4, -0.2) is 12.1 Å². The predicted molar refractivity (Wildman–Crippen MR) is 63.7 cm³/mol. The van der Waals surface area contributed by atoms with Crippen molar-refractivity contribution in [2.75, 3.05) is 0 Å². The molecule has 3 aliphatic rings. The van der Waals surface area contributed by atoms with Gasteiger partial charge in [0.1, 0.15) is 0 Å². The third-order valence-corrected chi connectivity index (χ3v) is 5.39. The third kappa shape index (κ3) is 1.46. The first-order valence-electron chi connectivity index (χ1n) is 6.98. The molecule has 5 unspecified atom stereocenters. The Morgan fingerprint density at radius 2 is 1.73 bits per heavy atom. The molecule has 1 nitrogen and oxygen atoms in total. The van der Waals surface area contributed by atoms with E-state index in [9.17, 15) is 0 Å². The molecule has 0 aromatic heterocycles. The lowest BCUT2D eigenvalue weighted by Gasteiger charge is -2.22. The van der Waals surface area contributed by atoms with Gasteiger partial charge in [0.25, 0.3) is 0 Å². The van der Waals surface area contributed by atoms with Crippen molar-refractivity contribution in [2.45, 2.75) is 58.5 Å². The SMILES string of the molecule is CCC(NC1C2C3CCC(C3)C12)C(C)C. The maximum absolute atomic E-state index is 3.94. The molecule has 3 saturated carbocycles. The van der Waals surface area contributed by atoms with E-state index in [1.165, 1.54) is 6.42 Å². The van der Waals surface area contributed by atoms with Crippen molar-refractivity contribution in [3.63, 3.8) is 0 Å². The van der Waals surface area contributed by atoms with Crippen LogP contribution in [0.15, 0.2) is 0 Å². The van der Waals surface area contributed by atoms with Crippen LogP contribution in [0.25, 0.3) is 0 Å². The molecule has 0 aromatic rings. The highest BCUT2D eigenvalue weighted by molar-refractivity contribution is 5.17. The Kier molecular flexibility index (Phi) is 2.35. The second-order valence-electron chi connectivity index (χ2n) is 6.44. The Balaban J connectivity index is 1.59. The molecule has 3 fully saturated rings. The summed E-state index contributed by atoms with van der Waals surface area (Å²) in [6.45, 7) is 7.03. The standard InChI is InChI=1S/C14H25N/c1-4-11(8(2)3)15-14-12-9-5-6-10(7-9)13(12)14/h8-15H,4-7H2,1-3H3. The highest BCUT2D eigenvalue weighted by atomic mass is 15.0. The summed E-state index contributed by atoms with van der Waals surface area (Å²) in [7, 11) is 0. The Hall–Kier alpha value is -0.0400. The maximum atomic E-state index is 3.94. The quantitative estimate of drug-likeness (QED) is 0.747. The largest absolute Gasteiger partial charge is 0.310 e. The molecule has 0 aliphatic heterocycles. The zero-order chi connectivity index (χ0) is 10.6. The third-order valence-electron chi connectivity index (χ3n) is 5.39. The van der Waals surface area contributed by atoms with E-state index < -0.39 is 0 Å². The number of rotatable bonds is 4. The molecule has 5 atom stereocenters. The average Bonchev–Trinajstić information content (AvgIpc) is 2.61. The summed E-state index contributed by atoms with van der Waals surface area (Å²) < 4.78 is 0. The highest BCUT2D eigenvalue weighted by Crippen LogP contribution is 2.65. The molecule has 3 aliphatic carbocycles. The molecule has 1 N–H and O–H groups in total. The van der Waals surface area contributed by atoms with Crippen LogP contribution in [0.1, 0.15) is 46.5 Å². The summed E-state index contributed by atoms with van der Waals surface area (Å²) in [5.74, 6) is 5.21. The van der Waals surface area contributed by atoms with Crippen LogP contribution in [0.5, 0.6) is 0 Å². The van der Waals surface area contributed by atoms with Crippen LogP contribution in [0.4, 0.5) is 0 Å². The van der Waals surface area contributed by atoms with E-state index in [1.54, 1.807) is 19.3 Å². The second kappa shape index (κ2) is 3.48. The van der Waals surface area contributed by atoms with Crippen molar-refractivity contribution in [3.8, 4) is 0 Å². The lowest BCUT2D eigenvalue weighted by Crippen LogP contribution is -2.37. The molecule has 1 heteroatoms. The fourth-order valence-electron chi connectivity index (χ4n) is 4.58. The van der Waals surface area contributed by atoms with Gasteiger partial charge in [-0.05, 0) is 55.3 Å². The minimum absolute atomic E-state index is 0.764. The van der Waals surface area contributed by atoms with Gasteiger partial charge in [-0.2, -0.15) is 0 Å². The monoisotopic (exact) mass is 207 g/mol. The first kappa shape index (κ1) is 10.1. The first-order chi connectivity index (χ1) is 7.22. The summed E-state index contributed by atoms with van der Waals surface area (Å²) >= 11 is 0. The van der Waals surface area contributed by atoms with E-state index in [0.29, 0.717) is 0 Å². The van der Waals surface area contributed by atoms with E-state index in [4.69, 9.17) is 0 Å². The molecule has 0 spiro atoms. The van der Waals surface area contributed by atoms with Gasteiger partial charge in [-0.1, -0.05) is 20.8 Å². The molecule has 0 radical (unpaired) electrons. The summed E-state index contributed by atoms with van der Waals surface area (Å²) in [4.78, 5) is 0. The fraction of sp³-hybridized carbons (Fsp3) is 1.00. The number of hydrogen-bond donors (Lipinski definition) is 1. The number of nitrogens with one attached hydrogen (secondary N) is 1. The summed E-state index contributed by atoms with van der Waals surface area (Å²) in [5, 5.41) is 3.94. The summed E-state index contributed by atoms with van der Waals surface area (Å²) in [6, 6.07) is 1.68. The van der Waals surface area contributed by atoms with Crippen molar-refractivity contribution in [1.29, 1.82) is 0 Å². The van der Waals surface area contributed by atoms with Gasteiger partial charge < -0.3 is 5.32 Å². The van der Waals surface area contributed by atoms with Crippen LogP contribution < -0.4 is 5.32 Å². The minimum atomic E-state index is 0.764. The first-order valence-corrected chi connectivity index (χ1v) is 6.98. The van der Waals surface area contributed by atoms with Crippen molar-refractivity contribution >= 4 is 0 Å². The number of fused-ring (bicyclic) bond motifs is 5. The molecule has 0 heterocycles. The van der Waals surface area contributed by atoms with Crippen LogP contribution in [0.3, 0.4) is 0 Å². The van der Waals surface area contributed by atoms with Crippen LogP contribution in [0.2, 0.25) is 0 Å². The van der Waals surface area contributed by atoms with Crippen LogP contribution in [-0.2, 0) is 0 Å². The Labute approximate surface area is 94.0 Å². The molecule has 0 amide bonds. The summed E-state index contributed by atoms with van der Waals surface area (Å²) in [5.41, 5.74) is 0. The molecular formula is C14H25N. The van der Waals surface area contributed by atoms with Gasteiger partial charge in [0, 0.05) is 12.1 Å². The van der Waals surface area contributed by atoms with E-state index >= 15 is 0 Å². The Morgan fingerprint density at radius 1 is 1.13 bits per heavy atom. The zero-order valence-electron chi connectivity index (χ0n) is 10.4. The van der Waals surface area contributed by atoms with Gasteiger partial charge in [-0.15, -0.1) is 0 Å². The lowest BCUT2D eigenvalue weighted by molar-refractivity contribution is 0.348. The van der Waals surface area contributed by atoms with Crippen molar-refractivity contribution in [3.05, 3.63) is 0 Å². The maximum Gasteiger partial charge on any atom is 0.0138 e. The molecular weight excluding hydrogens is 182 g/mol. The average molecular weight is 207 g/mol. The molecule has 0 aromatic carbocycles. The lowest BCUT2D eigenvalue weighted by atomic mass is 10.00. The molecule has 0 saturated heterocycles. The van der Waals surface area contributed by atoms with Gasteiger partial charge in [0.05, 0.1) is 0 Å². The molecule has 86 valence electrons. The Morgan fingerprint density at radius 3 is 2.20 bits per heavy atom. The highest BCUT2D eigenvalue weighted by Gasteiger charge is 2.64. The number of hydrogen-bond acceptors (Lipinski definition) is 1. The second-order valence-corrected chi connectivity index (χ2v) is 6.44. The fourth-order valence-corrected chi connectivity index (χ4v) is 4.58.